The van der Waals surface area contributed by atoms with Crippen molar-refractivity contribution in [3.05, 3.63) is 45.4 Å². The molecular formula is C11H6BrClO. The van der Waals surface area contributed by atoms with E-state index in [1.54, 1.807) is 6.07 Å². The Morgan fingerprint density at radius 1 is 1.14 bits per heavy atom. The molecule has 0 aliphatic rings. The minimum absolute atomic E-state index is 0.491. The van der Waals surface area contributed by atoms with Crippen molar-refractivity contribution in [2.75, 3.05) is 0 Å². The lowest BCUT2D eigenvalue weighted by Gasteiger charge is -2.04. The number of benzene rings is 2. The molecule has 0 saturated carbocycles. The van der Waals surface area contributed by atoms with Crippen molar-refractivity contribution >= 4 is 44.6 Å². The van der Waals surface area contributed by atoms with Gasteiger partial charge in [-0.3, -0.25) is 4.79 Å². The normalized spacial score (nSPS) is 10.4. The molecule has 0 aromatic heterocycles. The first kappa shape index (κ1) is 9.69. The van der Waals surface area contributed by atoms with Gasteiger partial charge in [0, 0.05) is 10.0 Å². The zero-order chi connectivity index (χ0) is 10.1. The van der Waals surface area contributed by atoms with Gasteiger partial charge in [0.25, 0.3) is 0 Å². The van der Waals surface area contributed by atoms with E-state index in [1.165, 1.54) is 0 Å². The van der Waals surface area contributed by atoms with E-state index in [2.05, 4.69) is 15.9 Å². The number of hydrogen-bond donors (Lipinski definition) is 0. The van der Waals surface area contributed by atoms with Crippen LogP contribution >= 0.6 is 27.5 Å². The Hall–Kier alpha value is -0.860. The Bertz CT molecular complexity index is 508. The molecule has 0 aliphatic carbocycles. The summed E-state index contributed by atoms with van der Waals surface area (Å²) in [6.45, 7) is 0. The van der Waals surface area contributed by atoms with E-state index < -0.39 is 0 Å². The molecule has 0 atom stereocenters. The van der Waals surface area contributed by atoms with Crippen molar-refractivity contribution in [2.45, 2.75) is 0 Å². The minimum Gasteiger partial charge on any atom is -0.298 e. The van der Waals surface area contributed by atoms with Crippen LogP contribution in [0.25, 0.3) is 10.8 Å². The van der Waals surface area contributed by atoms with Crippen LogP contribution in [-0.4, -0.2) is 6.29 Å². The van der Waals surface area contributed by atoms with Crippen LogP contribution in [0.1, 0.15) is 10.4 Å². The topological polar surface area (TPSA) is 17.1 Å². The average molecular weight is 270 g/mol. The largest absolute Gasteiger partial charge is 0.298 e. The maximum Gasteiger partial charge on any atom is 0.152 e. The molecule has 0 saturated heterocycles. The molecule has 1 nitrogen and oxygen atoms in total. The SMILES string of the molecule is O=Cc1c(Cl)ccc2c(Br)cccc12. The smallest absolute Gasteiger partial charge is 0.152 e. The number of fused-ring (bicyclic) bond motifs is 1. The van der Waals surface area contributed by atoms with Gasteiger partial charge in [0.15, 0.2) is 6.29 Å². The Balaban J connectivity index is 2.95. The fraction of sp³-hybridized carbons (Fsp3) is 0. The molecule has 70 valence electrons. The lowest BCUT2D eigenvalue weighted by atomic mass is 10.1. The highest BCUT2D eigenvalue weighted by Crippen LogP contribution is 2.29. The second-order valence-electron chi connectivity index (χ2n) is 2.91. The van der Waals surface area contributed by atoms with Gasteiger partial charge in [-0.1, -0.05) is 45.7 Å². The predicted octanol–water partition coefficient (Wildman–Crippen LogP) is 4.07. The maximum absolute atomic E-state index is 10.9. The van der Waals surface area contributed by atoms with Crippen LogP contribution in [0, 0.1) is 0 Å². The fourth-order valence-electron chi connectivity index (χ4n) is 1.44. The van der Waals surface area contributed by atoms with Gasteiger partial charge in [-0.2, -0.15) is 0 Å². The van der Waals surface area contributed by atoms with Crippen LogP contribution < -0.4 is 0 Å². The minimum atomic E-state index is 0.491. The first-order valence-corrected chi connectivity index (χ1v) is 5.23. The molecule has 3 heteroatoms. The zero-order valence-electron chi connectivity index (χ0n) is 7.13. The van der Waals surface area contributed by atoms with Gasteiger partial charge in [0.1, 0.15) is 0 Å². The first-order chi connectivity index (χ1) is 6.74. The van der Waals surface area contributed by atoms with E-state index in [4.69, 9.17) is 11.6 Å². The van der Waals surface area contributed by atoms with E-state index >= 15 is 0 Å². The molecule has 2 rings (SSSR count). The molecule has 0 radical (unpaired) electrons. The van der Waals surface area contributed by atoms with Crippen molar-refractivity contribution in [3.63, 3.8) is 0 Å². The summed E-state index contributed by atoms with van der Waals surface area (Å²) in [5.41, 5.74) is 0.547. The molecule has 0 spiro atoms. The van der Waals surface area contributed by atoms with Crippen LogP contribution in [0.4, 0.5) is 0 Å². The molecule has 2 aromatic carbocycles. The number of hydrogen-bond acceptors (Lipinski definition) is 1. The summed E-state index contributed by atoms with van der Waals surface area (Å²) in [4.78, 5) is 10.9. The Morgan fingerprint density at radius 2 is 1.93 bits per heavy atom. The lowest BCUT2D eigenvalue weighted by Crippen LogP contribution is -1.85. The summed E-state index contributed by atoms with van der Waals surface area (Å²) >= 11 is 9.33. The highest BCUT2D eigenvalue weighted by Gasteiger charge is 2.06. The third kappa shape index (κ3) is 1.45. The van der Waals surface area contributed by atoms with Crippen molar-refractivity contribution < 1.29 is 4.79 Å². The van der Waals surface area contributed by atoms with E-state index in [9.17, 15) is 4.79 Å². The molecule has 0 N–H and O–H groups in total. The third-order valence-electron chi connectivity index (χ3n) is 2.11. The molecule has 0 bridgehead atoms. The van der Waals surface area contributed by atoms with Gasteiger partial charge >= 0.3 is 0 Å². The standard InChI is InChI=1S/C11H6BrClO/c12-10-3-1-2-7-8(10)4-5-11(13)9(7)6-14/h1-6H. The van der Waals surface area contributed by atoms with Gasteiger partial charge in [0.2, 0.25) is 0 Å². The molecule has 0 amide bonds. The highest BCUT2D eigenvalue weighted by molar-refractivity contribution is 9.10. The van der Waals surface area contributed by atoms with Crippen molar-refractivity contribution in [2.24, 2.45) is 0 Å². The van der Waals surface area contributed by atoms with Crippen molar-refractivity contribution in [3.8, 4) is 0 Å². The number of carbonyl (C=O) groups excluding carboxylic acids is 1. The Kier molecular flexibility index (Phi) is 2.57. The van der Waals surface area contributed by atoms with E-state index in [0.29, 0.717) is 10.6 Å². The zero-order valence-corrected chi connectivity index (χ0v) is 9.47. The fourth-order valence-corrected chi connectivity index (χ4v) is 2.14. The summed E-state index contributed by atoms with van der Waals surface area (Å²) in [5, 5.41) is 2.37. The Labute approximate surface area is 94.8 Å². The first-order valence-electron chi connectivity index (χ1n) is 4.06. The molecule has 0 heterocycles. The van der Waals surface area contributed by atoms with E-state index in [0.717, 1.165) is 21.5 Å². The van der Waals surface area contributed by atoms with E-state index in [-0.39, 0.29) is 0 Å². The van der Waals surface area contributed by atoms with Crippen LogP contribution in [0.3, 0.4) is 0 Å². The highest BCUT2D eigenvalue weighted by atomic mass is 79.9. The van der Waals surface area contributed by atoms with E-state index in [1.807, 2.05) is 24.3 Å². The van der Waals surface area contributed by atoms with Crippen LogP contribution in [0.15, 0.2) is 34.8 Å². The van der Waals surface area contributed by atoms with Gasteiger partial charge in [-0.05, 0) is 22.9 Å². The monoisotopic (exact) mass is 268 g/mol. The summed E-state index contributed by atoms with van der Waals surface area (Å²) in [6, 6.07) is 9.34. The van der Waals surface area contributed by atoms with Gasteiger partial charge in [-0.25, -0.2) is 0 Å². The van der Waals surface area contributed by atoms with Crippen LogP contribution in [-0.2, 0) is 0 Å². The van der Waals surface area contributed by atoms with Gasteiger partial charge in [-0.15, -0.1) is 0 Å². The number of aldehydes is 1. The number of halogens is 2. The van der Waals surface area contributed by atoms with Crippen LogP contribution in [0.5, 0.6) is 0 Å². The molecule has 14 heavy (non-hydrogen) atoms. The summed E-state index contributed by atoms with van der Waals surface area (Å²) < 4.78 is 0.967. The van der Waals surface area contributed by atoms with Crippen LogP contribution in [0.2, 0.25) is 5.02 Å². The average Bonchev–Trinajstić information content (AvgIpc) is 2.18. The number of carbonyl (C=O) groups is 1. The summed E-state index contributed by atoms with van der Waals surface area (Å²) in [6.07, 6.45) is 0.789. The molecule has 0 aliphatic heterocycles. The number of rotatable bonds is 1. The van der Waals surface area contributed by atoms with Crippen molar-refractivity contribution in [1.82, 2.24) is 0 Å². The second kappa shape index (κ2) is 3.71. The van der Waals surface area contributed by atoms with Gasteiger partial charge in [0.05, 0.1) is 5.02 Å². The molecule has 2 aromatic rings. The molecule has 0 unspecified atom stereocenters. The molecular weight excluding hydrogens is 263 g/mol. The van der Waals surface area contributed by atoms with Gasteiger partial charge < -0.3 is 0 Å². The predicted molar refractivity (Wildman–Crippen MR) is 62.0 cm³/mol. The summed E-state index contributed by atoms with van der Waals surface area (Å²) in [7, 11) is 0. The summed E-state index contributed by atoms with van der Waals surface area (Å²) in [5.74, 6) is 0. The maximum atomic E-state index is 10.9. The Morgan fingerprint density at radius 3 is 2.64 bits per heavy atom. The van der Waals surface area contributed by atoms with Crippen molar-refractivity contribution in [1.29, 1.82) is 0 Å². The second-order valence-corrected chi connectivity index (χ2v) is 4.18. The third-order valence-corrected chi connectivity index (χ3v) is 3.14. The molecule has 0 fully saturated rings. The lowest BCUT2D eigenvalue weighted by molar-refractivity contribution is 0.112. The quantitative estimate of drug-likeness (QED) is 0.713.